The molecule has 7 heterocycles. The molecule has 5 aromatic heterocycles. The van der Waals surface area contributed by atoms with Gasteiger partial charge in [-0.2, -0.15) is 9.13 Å². The number of hydrogen-bond acceptors (Lipinski definition) is 1. The number of aromatic nitrogens is 3. The molecule has 0 spiro atoms. The van der Waals surface area contributed by atoms with Crippen LogP contribution in [-0.2, 0) is 6.42 Å². The average molecular weight is 656 g/mol. The molecule has 0 saturated carbocycles. The van der Waals surface area contributed by atoms with E-state index < -0.39 is 0 Å². The van der Waals surface area contributed by atoms with Crippen molar-refractivity contribution >= 4 is 65.7 Å². The van der Waals surface area contributed by atoms with E-state index in [-0.39, 0.29) is 6.04 Å². The summed E-state index contributed by atoms with van der Waals surface area (Å²) in [5.74, 6) is 0.351. The van der Waals surface area contributed by atoms with Gasteiger partial charge in [-0.15, -0.1) is 0 Å². The molecule has 240 valence electrons. The van der Waals surface area contributed by atoms with Gasteiger partial charge >= 0.3 is 0 Å². The fourth-order valence-corrected chi connectivity index (χ4v) is 9.92. The molecule has 12 rings (SSSR count). The van der Waals surface area contributed by atoms with Crippen molar-refractivity contribution in [1.29, 1.82) is 0 Å². The van der Waals surface area contributed by atoms with Crippen molar-refractivity contribution in [1.82, 2.24) is 4.40 Å². The first-order valence-electron chi connectivity index (χ1n) is 18.1. The lowest BCUT2D eigenvalue weighted by atomic mass is 9.77. The maximum absolute atomic E-state index is 6.37. The molecule has 0 amide bonds. The van der Waals surface area contributed by atoms with Crippen molar-refractivity contribution in [2.45, 2.75) is 31.2 Å². The van der Waals surface area contributed by atoms with E-state index in [1.807, 2.05) is 0 Å². The summed E-state index contributed by atoms with van der Waals surface area (Å²) >= 11 is 0. The first-order valence-corrected chi connectivity index (χ1v) is 18.1. The molecular formula is C47H33N3O+2. The standard InChI is InChI=1S/C47H33N3O/c1-28-25-41-32(30-11-2-3-12-31(30)38-16-7-9-24-49(38)41)20-19-29-26-42-37(27-36(29)39-17-6-8-23-48(28)39)33-14-10-15-35-45-40(50(42)47(33)35)21-22-44-46(45)34-13-4-5-18-43(34)51-44/h2-18,21-24,26-27,32,41H,1,19-20,25H2/q+2. The predicted molar refractivity (Wildman–Crippen MR) is 206 cm³/mol. The molecule has 4 nitrogen and oxygen atoms in total. The minimum Gasteiger partial charge on any atom is -0.456 e. The summed E-state index contributed by atoms with van der Waals surface area (Å²) in [5.41, 5.74) is 14.7. The van der Waals surface area contributed by atoms with Crippen molar-refractivity contribution in [2.24, 2.45) is 0 Å². The second-order valence-electron chi connectivity index (χ2n) is 14.5. The van der Waals surface area contributed by atoms with Crippen LogP contribution in [0.5, 0.6) is 0 Å². The molecule has 0 radical (unpaired) electrons. The summed E-state index contributed by atoms with van der Waals surface area (Å²) in [6.07, 6.45) is 7.37. The summed E-state index contributed by atoms with van der Waals surface area (Å²) in [6.45, 7) is 4.76. The molecule has 0 aliphatic carbocycles. The van der Waals surface area contributed by atoms with Gasteiger partial charge in [0.05, 0.1) is 28.5 Å². The summed E-state index contributed by atoms with van der Waals surface area (Å²) in [5, 5.41) is 7.50. The number of aryl methyl sites for hydroxylation is 1. The van der Waals surface area contributed by atoms with Crippen LogP contribution >= 0.6 is 0 Å². The van der Waals surface area contributed by atoms with Crippen LogP contribution in [-0.4, -0.2) is 4.40 Å². The first kappa shape index (κ1) is 27.5. The molecule has 2 aliphatic rings. The van der Waals surface area contributed by atoms with Crippen LogP contribution in [0.3, 0.4) is 0 Å². The number of fused-ring (bicyclic) bond motifs is 19. The average Bonchev–Trinajstić information content (AvgIpc) is 3.83. The lowest BCUT2D eigenvalue weighted by Gasteiger charge is -2.31. The molecule has 4 heteroatoms. The number of pyridine rings is 2. The topological polar surface area (TPSA) is 25.3 Å². The fraction of sp³-hybridized carbons (Fsp3) is 0.106. The van der Waals surface area contributed by atoms with Crippen LogP contribution in [0.25, 0.3) is 88.2 Å². The lowest BCUT2D eigenvalue weighted by molar-refractivity contribution is -0.720. The number of benzene rings is 5. The fourth-order valence-electron chi connectivity index (χ4n) is 9.92. The van der Waals surface area contributed by atoms with Crippen LogP contribution < -0.4 is 9.13 Å². The van der Waals surface area contributed by atoms with E-state index in [2.05, 4.69) is 153 Å². The predicted octanol–water partition coefficient (Wildman–Crippen LogP) is 10.8. The summed E-state index contributed by atoms with van der Waals surface area (Å²) < 4.78 is 13.8. The SMILES string of the molecule is C=C1CC2C(CCc3cc4c(cc3-c3cccc[n+]31)c1cccc3c5c6c(ccc5n4c13)oc1ccccc16)c1ccccc1-c1cccc[n+]12. The third kappa shape index (κ3) is 3.59. The van der Waals surface area contributed by atoms with Gasteiger partial charge in [-0.05, 0) is 79.1 Å². The van der Waals surface area contributed by atoms with Gasteiger partial charge in [0.1, 0.15) is 11.2 Å². The van der Waals surface area contributed by atoms with E-state index in [9.17, 15) is 0 Å². The Morgan fingerprint density at radius 3 is 2.39 bits per heavy atom. The molecule has 10 aromatic rings. The molecule has 0 N–H and O–H groups in total. The van der Waals surface area contributed by atoms with Gasteiger partial charge in [0.2, 0.25) is 11.4 Å². The highest BCUT2D eigenvalue weighted by Crippen LogP contribution is 2.47. The molecule has 2 unspecified atom stereocenters. The Bertz CT molecular complexity index is 3110. The van der Waals surface area contributed by atoms with Crippen LogP contribution in [0.2, 0.25) is 0 Å². The van der Waals surface area contributed by atoms with E-state index >= 15 is 0 Å². The monoisotopic (exact) mass is 655 g/mol. The van der Waals surface area contributed by atoms with E-state index in [4.69, 9.17) is 11.0 Å². The summed E-state index contributed by atoms with van der Waals surface area (Å²) in [4.78, 5) is 0. The maximum atomic E-state index is 6.37. The zero-order valence-corrected chi connectivity index (χ0v) is 28.0. The van der Waals surface area contributed by atoms with Crippen molar-refractivity contribution in [3.63, 3.8) is 0 Å². The zero-order chi connectivity index (χ0) is 33.4. The van der Waals surface area contributed by atoms with Gasteiger partial charge in [0.15, 0.2) is 24.1 Å². The van der Waals surface area contributed by atoms with E-state index in [0.29, 0.717) is 5.92 Å². The third-order valence-electron chi connectivity index (χ3n) is 12.0. The number of para-hydroxylation sites is 2. The largest absolute Gasteiger partial charge is 0.456 e. The number of furan rings is 1. The van der Waals surface area contributed by atoms with Gasteiger partial charge in [-0.25, -0.2) is 0 Å². The Hall–Kier alpha value is -6.26. The summed E-state index contributed by atoms with van der Waals surface area (Å²) in [6, 6.07) is 47.2. The molecule has 2 atom stereocenters. The number of nitrogens with zero attached hydrogens (tertiary/aromatic N) is 3. The minimum absolute atomic E-state index is 0.268. The quantitative estimate of drug-likeness (QED) is 0.149. The Kier molecular flexibility index (Phi) is 5.36. The van der Waals surface area contributed by atoms with E-state index in [1.54, 1.807) is 0 Å². The Morgan fingerprint density at radius 1 is 0.627 bits per heavy atom. The molecule has 5 aromatic carbocycles. The van der Waals surface area contributed by atoms with Gasteiger partial charge in [-0.1, -0.05) is 54.6 Å². The molecule has 0 bridgehead atoms. The number of rotatable bonds is 0. The Morgan fingerprint density at radius 2 is 1.43 bits per heavy atom. The highest BCUT2D eigenvalue weighted by atomic mass is 16.3. The second-order valence-corrected chi connectivity index (χ2v) is 14.5. The van der Waals surface area contributed by atoms with Crippen molar-refractivity contribution in [3.8, 4) is 22.5 Å². The molecule has 51 heavy (non-hydrogen) atoms. The Balaban J connectivity index is 1.15. The van der Waals surface area contributed by atoms with Gasteiger partial charge in [0.25, 0.3) is 0 Å². The van der Waals surface area contributed by atoms with Crippen LogP contribution in [0.4, 0.5) is 0 Å². The number of hydrogen-bond donors (Lipinski definition) is 0. The van der Waals surface area contributed by atoms with Crippen molar-refractivity contribution in [2.75, 3.05) is 0 Å². The van der Waals surface area contributed by atoms with E-state index in [1.165, 1.54) is 82.5 Å². The molecular weight excluding hydrogens is 623 g/mol. The van der Waals surface area contributed by atoms with E-state index in [0.717, 1.165) is 36.1 Å². The summed E-state index contributed by atoms with van der Waals surface area (Å²) in [7, 11) is 0. The number of allylic oxidation sites excluding steroid dienone is 1. The van der Waals surface area contributed by atoms with Gasteiger partial charge < -0.3 is 8.82 Å². The molecule has 2 aliphatic heterocycles. The third-order valence-corrected chi connectivity index (χ3v) is 12.0. The highest BCUT2D eigenvalue weighted by Gasteiger charge is 2.42. The van der Waals surface area contributed by atoms with Crippen LogP contribution in [0.15, 0.2) is 151 Å². The van der Waals surface area contributed by atoms with Crippen LogP contribution in [0.1, 0.15) is 35.9 Å². The maximum Gasteiger partial charge on any atom is 0.218 e. The lowest BCUT2D eigenvalue weighted by Crippen LogP contribution is -2.49. The van der Waals surface area contributed by atoms with Crippen LogP contribution in [0, 0.1) is 0 Å². The Labute approximate surface area is 294 Å². The van der Waals surface area contributed by atoms with Crippen molar-refractivity contribution in [3.05, 3.63) is 157 Å². The van der Waals surface area contributed by atoms with Gasteiger partial charge in [0, 0.05) is 68.1 Å². The molecule has 0 fully saturated rings. The smallest absolute Gasteiger partial charge is 0.218 e. The van der Waals surface area contributed by atoms with Gasteiger partial charge in [-0.3, -0.25) is 0 Å². The highest BCUT2D eigenvalue weighted by molar-refractivity contribution is 6.32. The van der Waals surface area contributed by atoms with Crippen molar-refractivity contribution < 1.29 is 13.6 Å². The normalized spacial score (nSPS) is 17.2. The zero-order valence-electron chi connectivity index (χ0n) is 28.0. The molecule has 0 saturated heterocycles. The minimum atomic E-state index is 0.268. The second kappa shape index (κ2) is 9.92. The first-order chi connectivity index (χ1) is 25.2.